The molecule has 0 rings (SSSR count). The van der Waals surface area contributed by atoms with E-state index < -0.39 is 24.4 Å². The van der Waals surface area contributed by atoms with Crippen molar-refractivity contribution in [2.45, 2.75) is 18.4 Å². The third kappa shape index (κ3) is 2.77. The Hall–Kier alpha value is -0.750. The van der Waals surface area contributed by atoms with E-state index in [4.69, 9.17) is 10.8 Å². The van der Waals surface area contributed by atoms with Gasteiger partial charge in [-0.2, -0.15) is 0 Å². The van der Waals surface area contributed by atoms with E-state index in [0.717, 1.165) is 0 Å². The molecule has 0 aliphatic heterocycles. The number of alkyl halides is 2. The summed E-state index contributed by atoms with van der Waals surface area (Å²) in [5, 5.41) is 8.10. The molecule has 1 atom stereocenters. The van der Waals surface area contributed by atoms with E-state index >= 15 is 0 Å². The van der Waals surface area contributed by atoms with Crippen molar-refractivity contribution in [3.63, 3.8) is 0 Å². The lowest BCUT2D eigenvalue weighted by Crippen LogP contribution is -2.47. The zero-order valence-electron chi connectivity index (χ0n) is 5.76. The molecule has 66 valence electrons. The Morgan fingerprint density at radius 1 is 1.64 bits per heavy atom. The second-order valence-electron chi connectivity index (χ2n) is 2.12. The first-order valence-electron chi connectivity index (χ1n) is 2.98. The van der Waals surface area contributed by atoms with Gasteiger partial charge < -0.3 is 16.6 Å². The lowest BCUT2D eigenvalue weighted by molar-refractivity contribution is -0.148. The minimum absolute atomic E-state index is 0.284. The number of halogens is 2. The van der Waals surface area contributed by atoms with Crippen LogP contribution in [0, 0.1) is 0 Å². The Bertz CT molecular complexity index is 151. The molecular weight excluding hydrogens is 158 g/mol. The number of carbonyl (C=O) groups is 1. The maximum absolute atomic E-state index is 12.5. The topological polar surface area (TPSA) is 89.3 Å². The van der Waals surface area contributed by atoms with E-state index in [0.29, 0.717) is 0 Å². The molecular formula is C5H10F2N2O2. The first-order valence-corrected chi connectivity index (χ1v) is 2.98. The maximum atomic E-state index is 12.5. The lowest BCUT2D eigenvalue weighted by Gasteiger charge is -2.18. The molecule has 0 bridgehead atoms. The van der Waals surface area contributed by atoms with E-state index in [1.807, 2.05) is 0 Å². The molecule has 0 heterocycles. The Balaban J connectivity index is 4.16. The van der Waals surface area contributed by atoms with E-state index in [1.54, 1.807) is 0 Å². The number of carboxylic acid groups (broad SMARTS) is 1. The smallest absolute Gasteiger partial charge is 0.326 e. The molecule has 6 heteroatoms. The Labute approximate surface area is 62.2 Å². The molecule has 4 nitrogen and oxygen atoms in total. The number of carboxylic acids is 1. The van der Waals surface area contributed by atoms with Gasteiger partial charge in [-0.3, -0.25) is 4.79 Å². The van der Waals surface area contributed by atoms with Crippen molar-refractivity contribution in [3.8, 4) is 0 Å². The largest absolute Gasteiger partial charge is 0.480 e. The molecule has 0 saturated carbocycles. The summed E-state index contributed by atoms with van der Waals surface area (Å²) in [6.45, 7) is -0.284. The van der Waals surface area contributed by atoms with Crippen LogP contribution in [-0.4, -0.2) is 29.6 Å². The highest BCUT2D eigenvalue weighted by molar-refractivity contribution is 5.74. The molecule has 0 aromatic heterocycles. The summed E-state index contributed by atoms with van der Waals surface area (Å²) in [5.74, 6) is -5.14. The molecule has 0 fully saturated rings. The molecule has 11 heavy (non-hydrogen) atoms. The second-order valence-corrected chi connectivity index (χ2v) is 2.12. The fraction of sp³-hybridized carbons (Fsp3) is 0.800. The molecule has 0 radical (unpaired) electrons. The first kappa shape index (κ1) is 10.2. The Kier molecular flexibility index (Phi) is 3.34. The highest BCUT2D eigenvalue weighted by Gasteiger charge is 2.40. The SMILES string of the molecule is NCCC(F)(F)[C@H](N)C(=O)O. The van der Waals surface area contributed by atoms with Crippen molar-refractivity contribution in [2.24, 2.45) is 11.5 Å². The summed E-state index contributed by atoms with van der Waals surface area (Å²) in [6, 6.07) is -2.16. The normalized spacial score (nSPS) is 14.5. The van der Waals surface area contributed by atoms with Crippen LogP contribution in [0.1, 0.15) is 6.42 Å². The maximum Gasteiger partial charge on any atom is 0.326 e. The van der Waals surface area contributed by atoms with Gasteiger partial charge in [0.05, 0.1) is 0 Å². The minimum atomic E-state index is -3.42. The molecule has 0 aliphatic rings. The molecule has 0 aromatic rings. The van der Waals surface area contributed by atoms with Crippen LogP contribution in [0.3, 0.4) is 0 Å². The van der Waals surface area contributed by atoms with E-state index in [-0.39, 0.29) is 6.54 Å². The third-order valence-corrected chi connectivity index (χ3v) is 1.20. The van der Waals surface area contributed by atoms with Crippen LogP contribution < -0.4 is 11.5 Å². The summed E-state index contributed by atoms with van der Waals surface area (Å²) in [7, 11) is 0. The average molecular weight is 168 g/mol. The quantitative estimate of drug-likeness (QED) is 0.522. The van der Waals surface area contributed by atoms with Gasteiger partial charge in [0.25, 0.3) is 5.92 Å². The lowest BCUT2D eigenvalue weighted by atomic mass is 10.1. The van der Waals surface area contributed by atoms with Crippen LogP contribution in [0.5, 0.6) is 0 Å². The van der Waals surface area contributed by atoms with Crippen LogP contribution in [0.2, 0.25) is 0 Å². The van der Waals surface area contributed by atoms with Crippen LogP contribution in [0.15, 0.2) is 0 Å². The average Bonchev–Trinajstić information content (AvgIpc) is 1.86. The Morgan fingerprint density at radius 2 is 2.09 bits per heavy atom. The number of hydrogen-bond acceptors (Lipinski definition) is 3. The van der Waals surface area contributed by atoms with Crippen LogP contribution >= 0.6 is 0 Å². The van der Waals surface area contributed by atoms with Gasteiger partial charge in [0.1, 0.15) is 0 Å². The predicted octanol–water partition coefficient (Wildman–Crippen LogP) is -0.618. The van der Waals surface area contributed by atoms with Gasteiger partial charge in [-0.1, -0.05) is 0 Å². The number of nitrogens with two attached hydrogens (primary N) is 2. The fourth-order valence-electron chi connectivity index (χ4n) is 0.529. The van der Waals surface area contributed by atoms with Crippen LogP contribution in [0.4, 0.5) is 8.78 Å². The van der Waals surface area contributed by atoms with Gasteiger partial charge in [-0.15, -0.1) is 0 Å². The van der Waals surface area contributed by atoms with E-state index in [1.165, 1.54) is 0 Å². The van der Waals surface area contributed by atoms with Crippen molar-refractivity contribution >= 4 is 5.97 Å². The van der Waals surface area contributed by atoms with E-state index in [2.05, 4.69) is 5.73 Å². The van der Waals surface area contributed by atoms with Crippen molar-refractivity contribution < 1.29 is 18.7 Å². The van der Waals surface area contributed by atoms with Gasteiger partial charge in [0, 0.05) is 6.42 Å². The number of hydrogen-bond donors (Lipinski definition) is 3. The molecule has 0 aliphatic carbocycles. The van der Waals surface area contributed by atoms with Crippen molar-refractivity contribution in [2.75, 3.05) is 6.54 Å². The monoisotopic (exact) mass is 168 g/mol. The predicted molar refractivity (Wildman–Crippen MR) is 34.2 cm³/mol. The molecule has 0 unspecified atom stereocenters. The molecule has 0 saturated heterocycles. The van der Waals surface area contributed by atoms with Crippen LogP contribution in [0.25, 0.3) is 0 Å². The zero-order chi connectivity index (χ0) is 9.07. The van der Waals surface area contributed by atoms with Gasteiger partial charge in [0.2, 0.25) is 0 Å². The van der Waals surface area contributed by atoms with Gasteiger partial charge in [-0.25, -0.2) is 8.78 Å². The highest BCUT2D eigenvalue weighted by atomic mass is 19.3. The van der Waals surface area contributed by atoms with Crippen molar-refractivity contribution in [3.05, 3.63) is 0 Å². The summed E-state index contributed by atoms with van der Waals surface area (Å²) in [5.41, 5.74) is 9.50. The molecule has 0 amide bonds. The first-order chi connectivity index (χ1) is 4.91. The zero-order valence-corrected chi connectivity index (χ0v) is 5.76. The van der Waals surface area contributed by atoms with Gasteiger partial charge in [-0.05, 0) is 6.54 Å². The number of rotatable bonds is 4. The summed E-state index contributed by atoms with van der Waals surface area (Å²) in [4.78, 5) is 9.97. The van der Waals surface area contributed by atoms with E-state index in [9.17, 15) is 13.6 Å². The van der Waals surface area contributed by atoms with Crippen LogP contribution in [-0.2, 0) is 4.79 Å². The fourth-order valence-corrected chi connectivity index (χ4v) is 0.529. The van der Waals surface area contributed by atoms with Crippen molar-refractivity contribution in [1.29, 1.82) is 0 Å². The molecule has 0 spiro atoms. The third-order valence-electron chi connectivity index (χ3n) is 1.20. The van der Waals surface area contributed by atoms with Gasteiger partial charge in [0.15, 0.2) is 6.04 Å². The standard InChI is InChI=1S/C5H10F2N2O2/c6-5(7,1-2-8)3(9)4(10)11/h3H,1-2,8-9H2,(H,10,11)/t3-/m1/s1. The Morgan fingerprint density at radius 3 is 2.36 bits per heavy atom. The van der Waals surface area contributed by atoms with Gasteiger partial charge >= 0.3 is 5.97 Å². The summed E-state index contributed by atoms with van der Waals surface area (Å²) >= 11 is 0. The highest BCUT2D eigenvalue weighted by Crippen LogP contribution is 2.20. The molecule has 5 N–H and O–H groups in total. The summed E-state index contributed by atoms with van der Waals surface area (Å²) in [6.07, 6.45) is -0.708. The van der Waals surface area contributed by atoms with Crippen molar-refractivity contribution in [1.82, 2.24) is 0 Å². The minimum Gasteiger partial charge on any atom is -0.480 e. The molecule has 0 aromatic carbocycles. The second kappa shape index (κ2) is 3.59. The number of aliphatic carboxylic acids is 1. The summed E-state index contributed by atoms with van der Waals surface area (Å²) < 4.78 is 25.0.